The number of ether oxygens (including phenoxy) is 1. The van der Waals surface area contributed by atoms with E-state index in [1.165, 1.54) is 0 Å². The number of halogens is 1. The number of aryl methyl sites for hydroxylation is 1. The minimum absolute atomic E-state index is 0.0574. The van der Waals surface area contributed by atoms with Crippen LogP contribution in [0.3, 0.4) is 0 Å². The molecule has 1 N–H and O–H groups in total. The van der Waals surface area contributed by atoms with Gasteiger partial charge in [0.15, 0.2) is 0 Å². The van der Waals surface area contributed by atoms with Crippen molar-refractivity contribution in [3.8, 4) is 17.2 Å². The van der Waals surface area contributed by atoms with Crippen molar-refractivity contribution in [2.45, 2.75) is 25.8 Å². The third kappa shape index (κ3) is 4.44. The van der Waals surface area contributed by atoms with Crippen molar-refractivity contribution in [1.29, 1.82) is 0 Å². The summed E-state index contributed by atoms with van der Waals surface area (Å²) < 4.78 is 11.2. The Bertz CT molecular complexity index is 1040. The van der Waals surface area contributed by atoms with E-state index in [0.717, 1.165) is 30.0 Å². The van der Waals surface area contributed by atoms with Gasteiger partial charge in [-0.1, -0.05) is 29.8 Å². The van der Waals surface area contributed by atoms with E-state index in [1.807, 2.05) is 55.5 Å². The van der Waals surface area contributed by atoms with Crippen LogP contribution >= 0.6 is 11.6 Å². The molecule has 1 aromatic heterocycles. The SMILES string of the molecule is COc1ccc(Cl)cc1N1CCC(NC(=O)Cc2nc(-c3ccccc3)oc2C)C1. The number of carbonyl (C=O) groups excluding carboxylic acids is 1. The lowest BCUT2D eigenvalue weighted by molar-refractivity contribution is -0.121. The van der Waals surface area contributed by atoms with Crippen molar-refractivity contribution in [2.75, 3.05) is 25.1 Å². The molecule has 30 heavy (non-hydrogen) atoms. The molecule has 1 unspecified atom stereocenters. The highest BCUT2D eigenvalue weighted by Gasteiger charge is 2.26. The first-order valence-corrected chi connectivity index (χ1v) is 10.3. The summed E-state index contributed by atoms with van der Waals surface area (Å²) in [5.74, 6) is 1.92. The van der Waals surface area contributed by atoms with Gasteiger partial charge in [-0.3, -0.25) is 4.79 Å². The molecule has 1 fully saturated rings. The molecule has 0 radical (unpaired) electrons. The van der Waals surface area contributed by atoms with Crippen molar-refractivity contribution in [2.24, 2.45) is 0 Å². The predicted octanol–water partition coefficient (Wildman–Crippen LogP) is 4.25. The van der Waals surface area contributed by atoms with Gasteiger partial charge in [-0.2, -0.15) is 0 Å². The van der Waals surface area contributed by atoms with Crippen LogP contribution in [0.15, 0.2) is 52.9 Å². The molecule has 0 bridgehead atoms. The van der Waals surface area contributed by atoms with E-state index < -0.39 is 0 Å². The minimum atomic E-state index is -0.0593. The molecule has 1 saturated heterocycles. The van der Waals surface area contributed by atoms with Gasteiger partial charge in [0.1, 0.15) is 11.5 Å². The van der Waals surface area contributed by atoms with E-state index >= 15 is 0 Å². The number of nitrogens with one attached hydrogen (secondary N) is 1. The fourth-order valence-corrected chi connectivity index (χ4v) is 3.90. The second kappa shape index (κ2) is 8.79. The van der Waals surface area contributed by atoms with Crippen molar-refractivity contribution in [3.63, 3.8) is 0 Å². The summed E-state index contributed by atoms with van der Waals surface area (Å²) >= 11 is 6.16. The molecule has 0 spiro atoms. The molecule has 1 atom stereocenters. The molecule has 7 heteroatoms. The Morgan fingerprint density at radius 3 is 2.87 bits per heavy atom. The maximum absolute atomic E-state index is 12.6. The Labute approximate surface area is 180 Å². The number of amides is 1. The molecule has 2 heterocycles. The number of hydrogen-bond donors (Lipinski definition) is 1. The van der Waals surface area contributed by atoms with E-state index in [9.17, 15) is 4.79 Å². The molecular formula is C23H24ClN3O3. The second-order valence-electron chi connectivity index (χ2n) is 7.38. The first kappa shape index (κ1) is 20.3. The molecule has 0 saturated carbocycles. The summed E-state index contributed by atoms with van der Waals surface area (Å²) in [5.41, 5.74) is 2.51. The average Bonchev–Trinajstić information content (AvgIpc) is 3.35. The Kier molecular flexibility index (Phi) is 5.95. The van der Waals surface area contributed by atoms with Crippen LogP contribution in [0, 0.1) is 6.92 Å². The summed E-state index contributed by atoms with van der Waals surface area (Å²) in [6, 6.07) is 15.3. The fraction of sp³-hybridized carbons (Fsp3) is 0.304. The van der Waals surface area contributed by atoms with Crippen LogP contribution in [0.25, 0.3) is 11.5 Å². The zero-order valence-electron chi connectivity index (χ0n) is 17.0. The maximum atomic E-state index is 12.6. The maximum Gasteiger partial charge on any atom is 0.226 e. The minimum Gasteiger partial charge on any atom is -0.495 e. The van der Waals surface area contributed by atoms with Gasteiger partial charge in [-0.05, 0) is 43.7 Å². The lowest BCUT2D eigenvalue weighted by atomic mass is 10.2. The second-order valence-corrected chi connectivity index (χ2v) is 7.82. The van der Waals surface area contributed by atoms with Crippen LogP contribution in [0.5, 0.6) is 5.75 Å². The van der Waals surface area contributed by atoms with Crippen LogP contribution < -0.4 is 15.0 Å². The first-order chi connectivity index (χ1) is 14.5. The zero-order chi connectivity index (χ0) is 21.1. The predicted molar refractivity (Wildman–Crippen MR) is 117 cm³/mol. The van der Waals surface area contributed by atoms with Crippen LogP contribution in [-0.2, 0) is 11.2 Å². The van der Waals surface area contributed by atoms with Gasteiger partial charge in [0.25, 0.3) is 0 Å². The molecule has 1 aliphatic rings. The largest absolute Gasteiger partial charge is 0.495 e. The Balaban J connectivity index is 1.38. The van der Waals surface area contributed by atoms with Gasteiger partial charge in [0, 0.05) is 29.7 Å². The van der Waals surface area contributed by atoms with Crippen molar-refractivity contribution in [3.05, 3.63) is 65.0 Å². The molecule has 1 aliphatic heterocycles. The molecule has 156 valence electrons. The lowest BCUT2D eigenvalue weighted by Gasteiger charge is -2.21. The summed E-state index contributed by atoms with van der Waals surface area (Å²) in [7, 11) is 1.64. The molecule has 3 aromatic rings. The molecule has 4 rings (SSSR count). The van der Waals surface area contributed by atoms with E-state index in [-0.39, 0.29) is 18.4 Å². The van der Waals surface area contributed by atoms with E-state index in [4.69, 9.17) is 20.8 Å². The number of anilines is 1. The van der Waals surface area contributed by atoms with Gasteiger partial charge in [0.05, 0.1) is 24.9 Å². The molecule has 1 amide bonds. The van der Waals surface area contributed by atoms with Crippen molar-refractivity contribution >= 4 is 23.2 Å². The molecule has 0 aliphatic carbocycles. The smallest absolute Gasteiger partial charge is 0.226 e. The molecule has 2 aromatic carbocycles. The number of carbonyl (C=O) groups is 1. The van der Waals surface area contributed by atoms with Gasteiger partial charge in [-0.25, -0.2) is 4.98 Å². The van der Waals surface area contributed by atoms with Gasteiger partial charge in [0.2, 0.25) is 11.8 Å². The zero-order valence-corrected chi connectivity index (χ0v) is 17.8. The summed E-state index contributed by atoms with van der Waals surface area (Å²) in [4.78, 5) is 19.3. The Morgan fingerprint density at radius 1 is 1.30 bits per heavy atom. The fourth-order valence-electron chi connectivity index (χ4n) is 3.73. The number of hydrogen-bond acceptors (Lipinski definition) is 5. The highest BCUT2D eigenvalue weighted by atomic mass is 35.5. The van der Waals surface area contributed by atoms with Gasteiger partial charge < -0.3 is 19.4 Å². The number of oxazole rings is 1. The number of nitrogens with zero attached hydrogens (tertiary/aromatic N) is 2. The quantitative estimate of drug-likeness (QED) is 0.639. The lowest BCUT2D eigenvalue weighted by Crippen LogP contribution is -2.38. The average molecular weight is 426 g/mol. The van der Waals surface area contributed by atoms with E-state index in [1.54, 1.807) is 7.11 Å². The van der Waals surface area contributed by atoms with Crippen molar-refractivity contribution in [1.82, 2.24) is 10.3 Å². The molecule has 6 nitrogen and oxygen atoms in total. The standard InChI is InChI=1S/C23H24ClN3O3/c1-15-19(26-23(30-15)16-6-4-3-5-7-16)13-22(28)25-18-10-11-27(14-18)20-12-17(24)8-9-21(20)29-2/h3-9,12,18H,10-11,13-14H2,1-2H3,(H,25,28). The first-order valence-electron chi connectivity index (χ1n) is 9.93. The molecular weight excluding hydrogens is 402 g/mol. The third-order valence-electron chi connectivity index (χ3n) is 5.28. The highest BCUT2D eigenvalue weighted by Crippen LogP contribution is 2.33. The van der Waals surface area contributed by atoms with E-state index in [2.05, 4.69) is 15.2 Å². The highest BCUT2D eigenvalue weighted by molar-refractivity contribution is 6.30. The van der Waals surface area contributed by atoms with Crippen molar-refractivity contribution < 1.29 is 13.9 Å². The van der Waals surface area contributed by atoms with Crippen LogP contribution in [0.4, 0.5) is 5.69 Å². The number of methoxy groups -OCH3 is 1. The Morgan fingerprint density at radius 2 is 2.10 bits per heavy atom. The monoisotopic (exact) mass is 425 g/mol. The van der Waals surface area contributed by atoms with Gasteiger partial charge in [-0.15, -0.1) is 0 Å². The van der Waals surface area contributed by atoms with E-state index in [0.29, 0.717) is 28.9 Å². The van der Waals surface area contributed by atoms with Gasteiger partial charge >= 0.3 is 0 Å². The van der Waals surface area contributed by atoms with Crippen LogP contribution in [-0.4, -0.2) is 37.1 Å². The normalized spacial score (nSPS) is 16.0. The third-order valence-corrected chi connectivity index (χ3v) is 5.51. The number of aromatic nitrogens is 1. The Hall–Kier alpha value is -2.99. The summed E-state index contributed by atoms with van der Waals surface area (Å²) in [5, 5.41) is 3.78. The van der Waals surface area contributed by atoms with Crippen LogP contribution in [0.1, 0.15) is 17.9 Å². The number of rotatable bonds is 6. The summed E-state index contributed by atoms with van der Waals surface area (Å²) in [6.45, 7) is 3.36. The summed E-state index contributed by atoms with van der Waals surface area (Å²) in [6.07, 6.45) is 1.05. The number of benzene rings is 2. The van der Waals surface area contributed by atoms with Crippen LogP contribution in [0.2, 0.25) is 5.02 Å². The topological polar surface area (TPSA) is 67.6 Å².